The quantitative estimate of drug-likeness (QED) is 0.666. The van der Waals surface area contributed by atoms with Gasteiger partial charge < -0.3 is 14.8 Å². The molecule has 1 aromatic rings. The first-order valence-electron chi connectivity index (χ1n) is 8.00. The smallest absolute Gasteiger partial charge is 0.126 e. The van der Waals surface area contributed by atoms with Gasteiger partial charge in [0.2, 0.25) is 0 Å². The summed E-state index contributed by atoms with van der Waals surface area (Å²) in [4.78, 5) is 0. The molecule has 0 amide bonds. The first-order valence-corrected chi connectivity index (χ1v) is 8.00. The van der Waals surface area contributed by atoms with Gasteiger partial charge in [0, 0.05) is 18.7 Å². The van der Waals surface area contributed by atoms with E-state index in [1.54, 1.807) is 0 Å². The van der Waals surface area contributed by atoms with Crippen molar-refractivity contribution in [1.82, 2.24) is 5.32 Å². The summed E-state index contributed by atoms with van der Waals surface area (Å²) in [6.45, 7) is 14.7. The average Bonchev–Trinajstić information content (AvgIpc) is 2.40. The Morgan fingerprint density at radius 3 is 2.48 bits per heavy atom. The topological polar surface area (TPSA) is 30.5 Å². The molecule has 1 aromatic carbocycles. The molecule has 0 saturated carbocycles. The lowest BCUT2D eigenvalue weighted by atomic mass is 10.1. The molecule has 0 unspecified atom stereocenters. The lowest BCUT2D eigenvalue weighted by Gasteiger charge is -2.16. The molecule has 1 rings (SSSR count). The van der Waals surface area contributed by atoms with Gasteiger partial charge in [0.25, 0.3) is 0 Å². The molecule has 0 spiro atoms. The molecular weight excluding hydrogens is 262 g/mol. The second kappa shape index (κ2) is 9.80. The van der Waals surface area contributed by atoms with Crippen LogP contribution in [0.25, 0.3) is 0 Å². The molecule has 0 aliphatic rings. The first-order chi connectivity index (χ1) is 10.0. The summed E-state index contributed by atoms with van der Waals surface area (Å²) < 4.78 is 11.5. The molecule has 21 heavy (non-hydrogen) atoms. The summed E-state index contributed by atoms with van der Waals surface area (Å²) in [6, 6.07) is 6.31. The van der Waals surface area contributed by atoms with Gasteiger partial charge in [0.1, 0.15) is 12.4 Å². The number of hydrogen-bond donors (Lipinski definition) is 1. The van der Waals surface area contributed by atoms with Gasteiger partial charge in [0.15, 0.2) is 0 Å². The molecule has 3 heteroatoms. The number of benzene rings is 1. The summed E-state index contributed by atoms with van der Waals surface area (Å²) >= 11 is 0. The number of aryl methyl sites for hydroxylation is 1. The van der Waals surface area contributed by atoms with Crippen LogP contribution in [0.3, 0.4) is 0 Å². The van der Waals surface area contributed by atoms with Crippen molar-refractivity contribution in [2.45, 2.75) is 41.2 Å². The van der Waals surface area contributed by atoms with E-state index >= 15 is 0 Å². The number of ether oxygens (including phenoxy) is 2. The van der Waals surface area contributed by atoms with Crippen LogP contribution in [-0.4, -0.2) is 26.4 Å². The third kappa shape index (κ3) is 7.49. The fourth-order valence-corrected chi connectivity index (χ4v) is 2.08. The van der Waals surface area contributed by atoms with E-state index in [0.717, 1.165) is 25.4 Å². The molecule has 0 bridgehead atoms. The Morgan fingerprint density at radius 2 is 1.81 bits per heavy atom. The molecule has 0 aliphatic heterocycles. The van der Waals surface area contributed by atoms with E-state index in [4.69, 9.17) is 9.47 Å². The van der Waals surface area contributed by atoms with Gasteiger partial charge >= 0.3 is 0 Å². The molecule has 0 atom stereocenters. The van der Waals surface area contributed by atoms with Gasteiger partial charge in [-0.25, -0.2) is 0 Å². The van der Waals surface area contributed by atoms with Crippen molar-refractivity contribution < 1.29 is 9.47 Å². The van der Waals surface area contributed by atoms with Gasteiger partial charge in [-0.1, -0.05) is 45.9 Å². The Balaban J connectivity index is 2.47. The maximum Gasteiger partial charge on any atom is 0.126 e. The highest BCUT2D eigenvalue weighted by atomic mass is 16.5. The van der Waals surface area contributed by atoms with Crippen molar-refractivity contribution in [3.8, 4) is 5.75 Å². The van der Waals surface area contributed by atoms with E-state index in [2.05, 4.69) is 58.1 Å². The van der Waals surface area contributed by atoms with Crippen LogP contribution < -0.4 is 10.1 Å². The second-order valence-electron chi connectivity index (χ2n) is 6.41. The Bertz CT molecular complexity index is 402. The van der Waals surface area contributed by atoms with Crippen LogP contribution in [0.15, 0.2) is 18.2 Å². The molecule has 0 aliphatic carbocycles. The van der Waals surface area contributed by atoms with Crippen LogP contribution in [0.1, 0.15) is 38.8 Å². The first kappa shape index (κ1) is 18.0. The number of nitrogens with one attached hydrogen (secondary N) is 1. The third-order valence-electron chi connectivity index (χ3n) is 3.09. The fraction of sp³-hybridized carbons (Fsp3) is 0.667. The maximum atomic E-state index is 5.94. The monoisotopic (exact) mass is 293 g/mol. The van der Waals surface area contributed by atoms with E-state index in [9.17, 15) is 0 Å². The van der Waals surface area contributed by atoms with Crippen LogP contribution in [0.5, 0.6) is 5.75 Å². The van der Waals surface area contributed by atoms with Gasteiger partial charge in [-0.3, -0.25) is 0 Å². The lowest BCUT2D eigenvalue weighted by molar-refractivity contribution is 0.0814. The molecule has 0 radical (unpaired) electrons. The van der Waals surface area contributed by atoms with Crippen LogP contribution in [-0.2, 0) is 11.3 Å². The van der Waals surface area contributed by atoms with Crippen molar-refractivity contribution in [1.29, 1.82) is 0 Å². The molecule has 1 N–H and O–H groups in total. The van der Waals surface area contributed by atoms with Crippen LogP contribution in [0.4, 0.5) is 0 Å². The number of hydrogen-bond acceptors (Lipinski definition) is 3. The summed E-state index contributed by atoms with van der Waals surface area (Å²) in [6.07, 6.45) is 0. The Morgan fingerprint density at radius 1 is 1.05 bits per heavy atom. The summed E-state index contributed by atoms with van der Waals surface area (Å²) in [5.74, 6) is 2.23. The average molecular weight is 293 g/mol. The van der Waals surface area contributed by atoms with Gasteiger partial charge in [-0.2, -0.15) is 0 Å². The van der Waals surface area contributed by atoms with E-state index in [1.807, 2.05) is 0 Å². The predicted molar refractivity (Wildman–Crippen MR) is 88.9 cm³/mol. The summed E-state index contributed by atoms with van der Waals surface area (Å²) in [7, 11) is 0. The Hall–Kier alpha value is -1.06. The van der Waals surface area contributed by atoms with Crippen molar-refractivity contribution in [3.63, 3.8) is 0 Å². The minimum atomic E-state index is 0.569. The normalized spacial score (nSPS) is 11.4. The Labute approximate surface area is 130 Å². The van der Waals surface area contributed by atoms with Crippen molar-refractivity contribution in [3.05, 3.63) is 29.3 Å². The van der Waals surface area contributed by atoms with Crippen molar-refractivity contribution >= 4 is 0 Å². The molecule has 0 heterocycles. The molecule has 3 nitrogen and oxygen atoms in total. The molecule has 0 fully saturated rings. The third-order valence-corrected chi connectivity index (χ3v) is 3.09. The fourth-order valence-electron chi connectivity index (χ4n) is 2.08. The van der Waals surface area contributed by atoms with Crippen LogP contribution in [0.2, 0.25) is 0 Å². The minimum absolute atomic E-state index is 0.569. The van der Waals surface area contributed by atoms with E-state index in [0.29, 0.717) is 25.0 Å². The molecule has 0 saturated heterocycles. The second-order valence-corrected chi connectivity index (χ2v) is 6.41. The molecular formula is C18H31NO2. The zero-order chi connectivity index (χ0) is 15.7. The predicted octanol–water partition coefficient (Wildman–Crippen LogP) is 3.79. The minimum Gasteiger partial charge on any atom is -0.491 e. The summed E-state index contributed by atoms with van der Waals surface area (Å²) in [5.41, 5.74) is 2.40. The highest BCUT2D eigenvalue weighted by molar-refractivity contribution is 5.40. The zero-order valence-electron chi connectivity index (χ0n) is 14.2. The lowest BCUT2D eigenvalue weighted by Crippen LogP contribution is -2.20. The molecule has 0 aromatic heterocycles. The zero-order valence-corrected chi connectivity index (χ0v) is 14.2. The van der Waals surface area contributed by atoms with E-state index in [1.165, 1.54) is 11.1 Å². The van der Waals surface area contributed by atoms with E-state index in [-0.39, 0.29) is 0 Å². The SMILES string of the molecule is Cc1cccc(CNCC(C)C)c1OCCOCC(C)C. The number of rotatable bonds is 10. The summed E-state index contributed by atoms with van der Waals surface area (Å²) in [5, 5.41) is 3.47. The van der Waals surface area contributed by atoms with Gasteiger partial charge in [-0.05, 0) is 30.9 Å². The highest BCUT2D eigenvalue weighted by Gasteiger charge is 2.07. The Kier molecular flexibility index (Phi) is 8.40. The largest absolute Gasteiger partial charge is 0.491 e. The molecule has 120 valence electrons. The van der Waals surface area contributed by atoms with Gasteiger partial charge in [0.05, 0.1) is 6.61 Å². The van der Waals surface area contributed by atoms with E-state index < -0.39 is 0 Å². The van der Waals surface area contributed by atoms with Crippen molar-refractivity contribution in [2.24, 2.45) is 11.8 Å². The van der Waals surface area contributed by atoms with Gasteiger partial charge in [-0.15, -0.1) is 0 Å². The number of para-hydroxylation sites is 1. The van der Waals surface area contributed by atoms with Crippen LogP contribution in [0, 0.1) is 18.8 Å². The van der Waals surface area contributed by atoms with Crippen molar-refractivity contribution in [2.75, 3.05) is 26.4 Å². The highest BCUT2D eigenvalue weighted by Crippen LogP contribution is 2.23. The standard InChI is InChI=1S/C18H31NO2/c1-14(2)11-19-12-17-8-6-7-16(5)18(17)21-10-9-20-13-15(3)4/h6-8,14-15,19H,9-13H2,1-5H3. The maximum absolute atomic E-state index is 5.94. The van der Waals surface area contributed by atoms with Crippen LogP contribution >= 0.6 is 0 Å².